The molecule has 2 heterocycles. The Labute approximate surface area is 110 Å². The number of hydrogen-bond donors (Lipinski definition) is 0. The van der Waals surface area contributed by atoms with Crippen molar-refractivity contribution in [3.8, 4) is 9.88 Å². The lowest BCUT2D eigenvalue weighted by atomic mass is 10.5. The SMILES string of the molecule is COC(=O)c1sc(-c2ccc(Cl)s2)nc1Cl. The number of rotatable bonds is 2. The number of carbonyl (C=O) groups is 1. The minimum atomic E-state index is -0.476. The molecule has 0 spiro atoms. The maximum Gasteiger partial charge on any atom is 0.351 e. The van der Waals surface area contributed by atoms with Crippen LogP contribution in [-0.2, 0) is 4.74 Å². The molecule has 0 saturated heterocycles. The van der Waals surface area contributed by atoms with Crippen molar-refractivity contribution in [1.82, 2.24) is 4.98 Å². The Morgan fingerprint density at radius 2 is 2.12 bits per heavy atom. The van der Waals surface area contributed by atoms with Gasteiger partial charge in [-0.25, -0.2) is 9.78 Å². The molecular formula is C9H5Cl2NO2S2. The maximum atomic E-state index is 11.3. The Morgan fingerprint density at radius 1 is 1.38 bits per heavy atom. The summed E-state index contributed by atoms with van der Waals surface area (Å²) in [6.45, 7) is 0. The summed E-state index contributed by atoms with van der Waals surface area (Å²) in [6, 6.07) is 3.61. The fraction of sp³-hybridized carbons (Fsp3) is 0.111. The molecule has 0 unspecified atom stereocenters. The number of halogens is 2. The van der Waals surface area contributed by atoms with E-state index in [1.54, 1.807) is 6.07 Å². The highest BCUT2D eigenvalue weighted by molar-refractivity contribution is 7.24. The molecule has 0 aromatic carbocycles. The zero-order chi connectivity index (χ0) is 11.7. The number of carbonyl (C=O) groups excluding carboxylic acids is 1. The van der Waals surface area contributed by atoms with Crippen molar-refractivity contribution in [2.45, 2.75) is 0 Å². The Morgan fingerprint density at radius 3 is 2.69 bits per heavy atom. The zero-order valence-corrected chi connectivity index (χ0v) is 11.1. The van der Waals surface area contributed by atoms with Crippen LogP contribution in [0.15, 0.2) is 12.1 Å². The van der Waals surface area contributed by atoms with Crippen LogP contribution < -0.4 is 0 Å². The normalized spacial score (nSPS) is 10.4. The van der Waals surface area contributed by atoms with Gasteiger partial charge in [0.25, 0.3) is 0 Å². The van der Waals surface area contributed by atoms with Gasteiger partial charge in [0, 0.05) is 0 Å². The lowest BCUT2D eigenvalue weighted by Crippen LogP contribution is -1.98. The number of nitrogens with zero attached hydrogens (tertiary/aromatic N) is 1. The average Bonchev–Trinajstić information content (AvgIpc) is 2.83. The van der Waals surface area contributed by atoms with Crippen LogP contribution in [0.25, 0.3) is 9.88 Å². The molecule has 0 aliphatic rings. The first kappa shape index (κ1) is 11.9. The number of ether oxygens (including phenoxy) is 1. The summed E-state index contributed by atoms with van der Waals surface area (Å²) in [5.74, 6) is -0.476. The Balaban J connectivity index is 2.41. The number of esters is 1. The average molecular weight is 294 g/mol. The first-order valence-electron chi connectivity index (χ1n) is 4.12. The molecule has 16 heavy (non-hydrogen) atoms. The molecule has 0 bridgehead atoms. The van der Waals surface area contributed by atoms with Crippen molar-refractivity contribution in [1.29, 1.82) is 0 Å². The van der Waals surface area contributed by atoms with Crippen LogP contribution in [-0.4, -0.2) is 18.1 Å². The summed E-state index contributed by atoms with van der Waals surface area (Å²) in [5, 5.41) is 0.832. The standard InChI is InChI=1S/C9H5Cl2NO2S2/c1-14-9(13)6-7(11)12-8(16-6)4-2-3-5(10)15-4/h2-3H,1H3. The van der Waals surface area contributed by atoms with Crippen LogP contribution >= 0.6 is 45.9 Å². The molecule has 7 heteroatoms. The molecule has 2 aromatic heterocycles. The van der Waals surface area contributed by atoms with Crippen LogP contribution in [0.5, 0.6) is 0 Å². The molecule has 3 nitrogen and oxygen atoms in total. The van der Waals surface area contributed by atoms with E-state index in [1.807, 2.05) is 6.07 Å². The van der Waals surface area contributed by atoms with Gasteiger partial charge < -0.3 is 4.74 Å². The third-order valence-electron chi connectivity index (χ3n) is 1.74. The summed E-state index contributed by atoms with van der Waals surface area (Å²) in [6.07, 6.45) is 0. The van der Waals surface area contributed by atoms with Gasteiger partial charge in [0.2, 0.25) is 0 Å². The molecule has 0 aliphatic heterocycles. The molecule has 0 saturated carbocycles. The van der Waals surface area contributed by atoms with Gasteiger partial charge in [0.1, 0.15) is 5.01 Å². The van der Waals surface area contributed by atoms with Crippen LogP contribution in [0.1, 0.15) is 9.67 Å². The fourth-order valence-electron chi connectivity index (χ4n) is 1.05. The quantitative estimate of drug-likeness (QED) is 0.787. The summed E-state index contributed by atoms with van der Waals surface area (Å²) >= 11 is 14.2. The lowest BCUT2D eigenvalue weighted by Gasteiger charge is -1.92. The second kappa shape index (κ2) is 4.71. The number of aromatic nitrogens is 1. The van der Waals surface area contributed by atoms with Gasteiger partial charge in [-0.1, -0.05) is 23.2 Å². The predicted octanol–water partition coefficient (Wildman–Crippen LogP) is 3.97. The van der Waals surface area contributed by atoms with Gasteiger partial charge in [-0.05, 0) is 12.1 Å². The first-order chi connectivity index (χ1) is 7.61. The second-order valence-electron chi connectivity index (χ2n) is 2.73. The molecule has 0 fully saturated rings. The van der Waals surface area contributed by atoms with Crippen molar-refractivity contribution in [3.63, 3.8) is 0 Å². The van der Waals surface area contributed by atoms with Gasteiger partial charge in [0.05, 0.1) is 16.3 Å². The van der Waals surface area contributed by atoms with Crippen LogP contribution in [0.4, 0.5) is 0 Å². The second-order valence-corrected chi connectivity index (χ2v) is 5.81. The minimum Gasteiger partial charge on any atom is -0.465 e. The van der Waals surface area contributed by atoms with E-state index in [0.29, 0.717) is 14.2 Å². The molecular weight excluding hydrogens is 289 g/mol. The monoisotopic (exact) mass is 293 g/mol. The van der Waals surface area contributed by atoms with Crippen molar-refractivity contribution in [3.05, 3.63) is 26.5 Å². The van der Waals surface area contributed by atoms with E-state index in [0.717, 1.165) is 4.88 Å². The number of thiazole rings is 1. The number of hydrogen-bond acceptors (Lipinski definition) is 5. The third kappa shape index (κ3) is 2.22. The molecule has 84 valence electrons. The van der Waals surface area contributed by atoms with Crippen molar-refractivity contribution >= 4 is 51.8 Å². The Hall–Kier alpha value is -0.620. The fourth-order valence-corrected chi connectivity index (χ4v) is 3.36. The van der Waals surface area contributed by atoms with Crippen LogP contribution in [0.3, 0.4) is 0 Å². The number of thiophene rings is 1. The highest BCUT2D eigenvalue weighted by Gasteiger charge is 2.18. The zero-order valence-electron chi connectivity index (χ0n) is 7.99. The van der Waals surface area contributed by atoms with Gasteiger partial charge in [0.15, 0.2) is 10.0 Å². The van der Waals surface area contributed by atoms with Crippen molar-refractivity contribution in [2.75, 3.05) is 7.11 Å². The molecule has 0 radical (unpaired) electrons. The Kier molecular flexibility index (Phi) is 3.49. The van der Waals surface area contributed by atoms with Gasteiger partial charge >= 0.3 is 5.97 Å². The smallest absolute Gasteiger partial charge is 0.351 e. The van der Waals surface area contributed by atoms with Crippen molar-refractivity contribution in [2.24, 2.45) is 0 Å². The van der Waals surface area contributed by atoms with Gasteiger partial charge in [-0.15, -0.1) is 22.7 Å². The topological polar surface area (TPSA) is 39.2 Å². The molecule has 0 amide bonds. The first-order valence-corrected chi connectivity index (χ1v) is 6.51. The minimum absolute atomic E-state index is 0.163. The van der Waals surface area contributed by atoms with E-state index in [-0.39, 0.29) is 5.15 Å². The summed E-state index contributed by atoms with van der Waals surface area (Å²) < 4.78 is 5.26. The largest absolute Gasteiger partial charge is 0.465 e. The summed E-state index contributed by atoms with van der Waals surface area (Å²) in [4.78, 5) is 16.6. The summed E-state index contributed by atoms with van der Waals surface area (Å²) in [7, 11) is 1.31. The molecule has 0 atom stereocenters. The van der Waals surface area contributed by atoms with E-state index < -0.39 is 5.97 Å². The van der Waals surface area contributed by atoms with Crippen molar-refractivity contribution < 1.29 is 9.53 Å². The molecule has 2 rings (SSSR count). The Bertz CT molecular complexity index is 535. The van der Waals surface area contributed by atoms with E-state index in [1.165, 1.54) is 29.8 Å². The molecule has 0 N–H and O–H groups in total. The van der Waals surface area contributed by atoms with Crippen LogP contribution in [0, 0.1) is 0 Å². The maximum absolute atomic E-state index is 11.3. The van der Waals surface area contributed by atoms with Gasteiger partial charge in [-0.3, -0.25) is 0 Å². The highest BCUT2D eigenvalue weighted by Crippen LogP contribution is 2.36. The number of methoxy groups -OCH3 is 1. The van der Waals surface area contributed by atoms with E-state index in [2.05, 4.69) is 9.72 Å². The van der Waals surface area contributed by atoms with Crippen LogP contribution in [0.2, 0.25) is 9.49 Å². The summed E-state index contributed by atoms with van der Waals surface area (Å²) in [5.41, 5.74) is 0. The van der Waals surface area contributed by atoms with Gasteiger partial charge in [-0.2, -0.15) is 0 Å². The molecule has 2 aromatic rings. The van der Waals surface area contributed by atoms with E-state index in [9.17, 15) is 4.79 Å². The third-order valence-corrected chi connectivity index (χ3v) is 4.56. The van der Waals surface area contributed by atoms with E-state index in [4.69, 9.17) is 23.2 Å². The lowest BCUT2D eigenvalue weighted by molar-refractivity contribution is 0.0606. The predicted molar refractivity (Wildman–Crippen MR) is 66.8 cm³/mol. The highest BCUT2D eigenvalue weighted by atomic mass is 35.5. The van der Waals surface area contributed by atoms with E-state index >= 15 is 0 Å². The molecule has 0 aliphatic carbocycles.